The third kappa shape index (κ3) is 9.73. The maximum atomic E-state index is 13.0. The van der Waals surface area contributed by atoms with Gasteiger partial charge in [0.15, 0.2) is 12.4 Å². The number of methoxy groups -OCH3 is 1. The van der Waals surface area contributed by atoms with Crippen LogP contribution in [0.3, 0.4) is 0 Å². The van der Waals surface area contributed by atoms with Gasteiger partial charge in [-0.3, -0.25) is 34.1 Å². The van der Waals surface area contributed by atoms with Gasteiger partial charge >= 0.3 is 0 Å². The van der Waals surface area contributed by atoms with Crippen molar-refractivity contribution in [2.75, 3.05) is 49.0 Å². The SMILES string of the molecule is COc1cc(C(=O)NCCCCCCCCNC(=O)COc2cccc3c2CN(C2CCC(=O)NC2=O)C3=O)ccc1Nc1ccc2c(n1)N(C1CCCC1)[C@H](C)C(=O)N2C. The predicted molar refractivity (Wildman–Crippen MR) is 229 cm³/mol. The Labute approximate surface area is 356 Å². The smallest absolute Gasteiger partial charge is 0.257 e. The molecule has 0 radical (unpaired) electrons. The van der Waals surface area contributed by atoms with E-state index in [9.17, 15) is 28.8 Å². The number of hydrogen-bond acceptors (Lipinski definition) is 11. The molecule has 2 fully saturated rings. The standard InChI is InChI=1S/C45H56N8O8/c1-28-44(58)51(2)34-19-21-38(49-41(34)53(28)30-13-8-9-14-30)48-33-18-17-29(25-37(33)60-3)42(56)47-24-11-7-5-4-6-10-23-46-40(55)27-61-36-16-12-15-31-32(36)26-52(45(31)59)35-20-22-39(54)50-43(35)57/h12,15-19,21,25,28,30,35H,4-11,13-14,20,22-24,26-27H2,1-3H3,(H,46,55)(H,47,56)(H,48,49)(H,50,54,57)/t28-,35?/m1/s1. The summed E-state index contributed by atoms with van der Waals surface area (Å²) in [7, 11) is 3.37. The number of unbranched alkanes of at least 4 members (excludes halogenated alkanes) is 5. The van der Waals surface area contributed by atoms with E-state index in [0.717, 1.165) is 75.7 Å². The first-order valence-electron chi connectivity index (χ1n) is 21.5. The fourth-order valence-electron chi connectivity index (χ4n) is 8.78. The van der Waals surface area contributed by atoms with Crippen molar-refractivity contribution in [1.82, 2.24) is 25.8 Å². The van der Waals surface area contributed by atoms with Gasteiger partial charge in [-0.15, -0.1) is 0 Å². The van der Waals surface area contributed by atoms with Gasteiger partial charge in [-0.25, -0.2) is 4.98 Å². The van der Waals surface area contributed by atoms with Gasteiger partial charge in [-0.1, -0.05) is 44.6 Å². The molecular weight excluding hydrogens is 781 g/mol. The second kappa shape index (κ2) is 19.5. The lowest BCUT2D eigenvalue weighted by atomic mass is 10.0. The Bertz CT molecular complexity index is 2160. The highest BCUT2D eigenvalue weighted by molar-refractivity contribution is 6.06. The van der Waals surface area contributed by atoms with Crippen LogP contribution in [0.2, 0.25) is 0 Å². The van der Waals surface area contributed by atoms with Crippen LogP contribution in [0.25, 0.3) is 0 Å². The highest BCUT2D eigenvalue weighted by Gasteiger charge is 2.41. The average Bonchev–Trinajstić information content (AvgIpc) is 3.91. The normalized spacial score (nSPS) is 18.8. The molecule has 16 nitrogen and oxygen atoms in total. The number of hydrogen-bond donors (Lipinski definition) is 4. The van der Waals surface area contributed by atoms with Gasteiger partial charge in [-0.2, -0.15) is 0 Å². The van der Waals surface area contributed by atoms with Gasteiger partial charge in [0.05, 0.1) is 25.0 Å². The molecule has 4 N–H and O–H groups in total. The van der Waals surface area contributed by atoms with Gasteiger partial charge in [-0.05, 0) is 81.5 Å². The summed E-state index contributed by atoms with van der Waals surface area (Å²) >= 11 is 0. The number of piperidine rings is 1. The van der Waals surface area contributed by atoms with Crippen molar-refractivity contribution in [1.29, 1.82) is 0 Å². The number of aromatic nitrogens is 1. The van der Waals surface area contributed by atoms with Crippen LogP contribution in [0, 0.1) is 0 Å². The molecule has 16 heteroatoms. The fraction of sp³-hybridized carbons (Fsp3) is 0.489. The zero-order valence-electron chi connectivity index (χ0n) is 35.2. The third-order valence-electron chi connectivity index (χ3n) is 12.1. The molecule has 2 aromatic carbocycles. The zero-order chi connectivity index (χ0) is 43.0. The summed E-state index contributed by atoms with van der Waals surface area (Å²) in [5.74, 6) is 0.872. The van der Waals surface area contributed by atoms with Gasteiger partial charge in [0.25, 0.3) is 17.7 Å². The van der Waals surface area contributed by atoms with Crippen molar-refractivity contribution in [2.45, 2.75) is 109 Å². The van der Waals surface area contributed by atoms with Crippen LogP contribution in [0.1, 0.15) is 110 Å². The number of anilines is 4. The molecule has 1 aliphatic carbocycles. The Hall–Kier alpha value is -6.19. The van der Waals surface area contributed by atoms with Gasteiger partial charge in [0, 0.05) is 49.3 Å². The first kappa shape index (κ1) is 42.9. The van der Waals surface area contributed by atoms with E-state index < -0.39 is 11.9 Å². The Morgan fingerprint density at radius 2 is 1.62 bits per heavy atom. The molecule has 4 aliphatic rings. The molecule has 4 heterocycles. The van der Waals surface area contributed by atoms with Crippen LogP contribution in [0.5, 0.6) is 11.5 Å². The fourth-order valence-corrected chi connectivity index (χ4v) is 8.78. The van der Waals surface area contributed by atoms with Gasteiger partial charge in [0.1, 0.15) is 29.4 Å². The van der Waals surface area contributed by atoms with E-state index in [1.807, 2.05) is 25.1 Å². The first-order chi connectivity index (χ1) is 29.5. The van der Waals surface area contributed by atoms with E-state index in [4.69, 9.17) is 14.5 Å². The number of ether oxygens (including phenoxy) is 2. The average molecular weight is 837 g/mol. The third-order valence-corrected chi connectivity index (χ3v) is 12.1. The van der Waals surface area contributed by atoms with Crippen molar-refractivity contribution in [2.24, 2.45) is 0 Å². The topological polar surface area (TPSA) is 192 Å². The zero-order valence-corrected chi connectivity index (χ0v) is 35.2. The highest BCUT2D eigenvalue weighted by Crippen LogP contribution is 2.40. The first-order valence-corrected chi connectivity index (χ1v) is 21.5. The Morgan fingerprint density at radius 1 is 0.885 bits per heavy atom. The van der Waals surface area contributed by atoms with Crippen molar-refractivity contribution < 1.29 is 38.2 Å². The molecule has 0 bridgehead atoms. The molecule has 1 aromatic heterocycles. The Morgan fingerprint density at radius 3 is 2.36 bits per heavy atom. The lowest BCUT2D eigenvalue weighted by Gasteiger charge is -2.42. The van der Waals surface area contributed by atoms with Crippen LogP contribution in [0.4, 0.5) is 23.0 Å². The summed E-state index contributed by atoms with van der Waals surface area (Å²) < 4.78 is 11.5. The number of amides is 6. The molecule has 0 spiro atoms. The van der Waals surface area contributed by atoms with Crippen molar-refractivity contribution >= 4 is 58.5 Å². The summed E-state index contributed by atoms with van der Waals surface area (Å²) in [5.41, 5.74) is 3.02. The molecule has 2 atom stereocenters. The second-order valence-electron chi connectivity index (χ2n) is 16.2. The maximum Gasteiger partial charge on any atom is 0.257 e. The highest BCUT2D eigenvalue weighted by atomic mass is 16.5. The number of rotatable bonds is 18. The monoisotopic (exact) mass is 836 g/mol. The van der Waals surface area contributed by atoms with E-state index in [-0.39, 0.29) is 67.6 Å². The predicted octanol–water partition coefficient (Wildman–Crippen LogP) is 4.97. The Kier molecular flexibility index (Phi) is 13.7. The van der Waals surface area contributed by atoms with E-state index in [0.29, 0.717) is 52.8 Å². The van der Waals surface area contributed by atoms with Crippen molar-refractivity contribution in [3.8, 4) is 11.5 Å². The summed E-state index contributed by atoms with van der Waals surface area (Å²) in [6.45, 7) is 3.00. The quantitative estimate of drug-likeness (QED) is 0.0999. The maximum absolute atomic E-state index is 13.0. The number of carbonyl (C=O) groups is 6. The molecule has 324 valence electrons. The van der Waals surface area contributed by atoms with Gasteiger partial charge < -0.3 is 40.1 Å². The lowest BCUT2D eigenvalue weighted by molar-refractivity contribution is -0.137. The van der Waals surface area contributed by atoms with E-state index >= 15 is 0 Å². The lowest BCUT2D eigenvalue weighted by Crippen LogP contribution is -2.54. The second-order valence-corrected chi connectivity index (χ2v) is 16.2. The van der Waals surface area contributed by atoms with Crippen LogP contribution >= 0.6 is 0 Å². The summed E-state index contributed by atoms with van der Waals surface area (Å²) in [4.78, 5) is 85.9. The molecule has 1 saturated carbocycles. The van der Waals surface area contributed by atoms with Gasteiger partial charge in [0.2, 0.25) is 17.7 Å². The number of carbonyl (C=O) groups excluding carboxylic acids is 6. The number of benzene rings is 2. The van der Waals surface area contributed by atoms with Crippen LogP contribution in [0.15, 0.2) is 48.5 Å². The van der Waals surface area contributed by atoms with Crippen LogP contribution in [-0.2, 0) is 25.7 Å². The number of nitrogens with one attached hydrogen (secondary N) is 4. The van der Waals surface area contributed by atoms with Crippen LogP contribution < -0.4 is 40.5 Å². The molecule has 61 heavy (non-hydrogen) atoms. The van der Waals surface area contributed by atoms with E-state index in [1.54, 1.807) is 49.4 Å². The number of nitrogens with zero attached hydrogens (tertiary/aromatic N) is 4. The van der Waals surface area contributed by atoms with Crippen molar-refractivity contribution in [3.05, 3.63) is 65.2 Å². The molecule has 3 aliphatic heterocycles. The van der Waals surface area contributed by atoms with E-state index in [1.165, 1.54) is 4.90 Å². The molecular formula is C45H56N8O8. The van der Waals surface area contributed by atoms with E-state index in [2.05, 4.69) is 26.2 Å². The molecule has 1 saturated heterocycles. The van der Waals surface area contributed by atoms with Crippen molar-refractivity contribution in [3.63, 3.8) is 0 Å². The number of imide groups is 1. The minimum Gasteiger partial charge on any atom is -0.495 e. The minimum absolute atomic E-state index is 0.0664. The molecule has 7 rings (SSSR count). The van der Waals surface area contributed by atoms with Crippen LogP contribution in [-0.4, -0.2) is 97.3 Å². The molecule has 1 unspecified atom stereocenters. The molecule has 6 amide bonds. The minimum atomic E-state index is -0.722. The summed E-state index contributed by atoms with van der Waals surface area (Å²) in [6, 6.07) is 13.4. The number of pyridine rings is 1. The number of fused-ring (bicyclic) bond motifs is 2. The largest absolute Gasteiger partial charge is 0.495 e. The summed E-state index contributed by atoms with van der Waals surface area (Å²) in [6.07, 6.45) is 10.4. The number of likely N-dealkylation sites (N-methyl/N-ethyl adjacent to an activating group) is 1. The Balaban J connectivity index is 0.778. The summed E-state index contributed by atoms with van der Waals surface area (Å²) in [5, 5.41) is 11.6. The molecule has 3 aromatic rings.